The van der Waals surface area contributed by atoms with Gasteiger partial charge in [-0.05, 0) is 43.8 Å². The quantitative estimate of drug-likeness (QED) is 0.903. The van der Waals surface area contributed by atoms with E-state index >= 15 is 0 Å². The molecule has 0 radical (unpaired) electrons. The molecule has 3 rings (SSSR count). The minimum atomic E-state index is 0.325. The molecule has 1 fully saturated rings. The fourth-order valence-corrected chi connectivity index (χ4v) is 2.95. The SMILES string of the molecule is COCc1ccc(CC2CCCNC2)c2c1OCO2. The lowest BCUT2D eigenvalue weighted by Crippen LogP contribution is -2.30. The zero-order chi connectivity index (χ0) is 13.1. The second-order valence-corrected chi connectivity index (χ2v) is 5.30. The Morgan fingerprint density at radius 1 is 1.26 bits per heavy atom. The van der Waals surface area contributed by atoms with Gasteiger partial charge in [0, 0.05) is 12.7 Å². The molecule has 0 bridgehead atoms. The number of rotatable bonds is 4. The topological polar surface area (TPSA) is 39.7 Å². The summed E-state index contributed by atoms with van der Waals surface area (Å²) in [6.07, 6.45) is 3.63. The molecule has 0 spiro atoms. The monoisotopic (exact) mass is 263 g/mol. The maximum Gasteiger partial charge on any atom is 0.231 e. The number of fused-ring (bicyclic) bond motifs is 1. The molecular formula is C15H21NO3. The van der Waals surface area contributed by atoms with Gasteiger partial charge >= 0.3 is 0 Å². The number of hydrogen-bond acceptors (Lipinski definition) is 4. The first kappa shape index (κ1) is 12.8. The van der Waals surface area contributed by atoms with Crippen molar-refractivity contribution in [2.75, 3.05) is 27.0 Å². The van der Waals surface area contributed by atoms with Gasteiger partial charge < -0.3 is 19.5 Å². The predicted octanol–water partition coefficient (Wildman–Crippen LogP) is 2.10. The van der Waals surface area contributed by atoms with Crippen LogP contribution in [0.25, 0.3) is 0 Å². The standard InChI is InChI=1S/C15H21NO3/c1-17-9-13-5-4-12(14-15(13)19-10-18-14)7-11-3-2-6-16-8-11/h4-5,11,16H,2-3,6-10H2,1H3. The van der Waals surface area contributed by atoms with E-state index in [1.165, 1.54) is 18.4 Å². The smallest absolute Gasteiger partial charge is 0.231 e. The van der Waals surface area contributed by atoms with Gasteiger partial charge in [0.05, 0.1) is 6.61 Å². The van der Waals surface area contributed by atoms with Crippen molar-refractivity contribution in [1.82, 2.24) is 5.32 Å². The molecule has 1 atom stereocenters. The number of benzene rings is 1. The van der Waals surface area contributed by atoms with Crippen molar-refractivity contribution in [3.63, 3.8) is 0 Å². The predicted molar refractivity (Wildman–Crippen MR) is 72.6 cm³/mol. The summed E-state index contributed by atoms with van der Waals surface area (Å²) in [7, 11) is 1.70. The van der Waals surface area contributed by atoms with Gasteiger partial charge in [-0.3, -0.25) is 0 Å². The molecule has 2 aliphatic rings. The Kier molecular flexibility index (Phi) is 3.89. The van der Waals surface area contributed by atoms with Gasteiger partial charge in [0.2, 0.25) is 6.79 Å². The average Bonchev–Trinajstić information content (AvgIpc) is 2.93. The first-order valence-electron chi connectivity index (χ1n) is 6.98. The van der Waals surface area contributed by atoms with Crippen LogP contribution < -0.4 is 14.8 Å². The van der Waals surface area contributed by atoms with Gasteiger partial charge in [-0.1, -0.05) is 12.1 Å². The Bertz CT molecular complexity index is 441. The molecule has 19 heavy (non-hydrogen) atoms. The molecule has 104 valence electrons. The van der Waals surface area contributed by atoms with E-state index in [2.05, 4.69) is 17.4 Å². The maximum atomic E-state index is 5.66. The molecule has 2 aliphatic heterocycles. The van der Waals surface area contributed by atoms with E-state index in [4.69, 9.17) is 14.2 Å². The Labute approximate surface area is 114 Å². The molecule has 4 nitrogen and oxygen atoms in total. The summed E-state index contributed by atoms with van der Waals surface area (Å²) in [4.78, 5) is 0. The minimum Gasteiger partial charge on any atom is -0.453 e. The van der Waals surface area contributed by atoms with Crippen LogP contribution in [0, 0.1) is 5.92 Å². The van der Waals surface area contributed by atoms with Crippen LogP contribution in [0.15, 0.2) is 12.1 Å². The zero-order valence-corrected chi connectivity index (χ0v) is 11.4. The van der Waals surface area contributed by atoms with Gasteiger partial charge in [-0.25, -0.2) is 0 Å². The highest BCUT2D eigenvalue weighted by molar-refractivity contribution is 5.53. The van der Waals surface area contributed by atoms with Crippen LogP contribution in [0.1, 0.15) is 24.0 Å². The fraction of sp³-hybridized carbons (Fsp3) is 0.600. The van der Waals surface area contributed by atoms with Gasteiger partial charge in [-0.2, -0.15) is 0 Å². The van der Waals surface area contributed by atoms with Crippen LogP contribution in [-0.4, -0.2) is 27.0 Å². The van der Waals surface area contributed by atoms with Gasteiger partial charge in [0.15, 0.2) is 11.5 Å². The fourth-order valence-electron chi connectivity index (χ4n) is 2.95. The van der Waals surface area contributed by atoms with E-state index in [0.29, 0.717) is 19.3 Å². The Morgan fingerprint density at radius 3 is 2.79 bits per heavy atom. The zero-order valence-electron chi connectivity index (χ0n) is 11.4. The molecule has 1 saturated heterocycles. The lowest BCUT2D eigenvalue weighted by atomic mass is 9.91. The van der Waals surface area contributed by atoms with E-state index < -0.39 is 0 Å². The normalized spacial score (nSPS) is 21.6. The molecular weight excluding hydrogens is 242 g/mol. The molecule has 0 aromatic heterocycles. The van der Waals surface area contributed by atoms with Gasteiger partial charge in [0.25, 0.3) is 0 Å². The Morgan fingerprint density at radius 2 is 2.05 bits per heavy atom. The lowest BCUT2D eigenvalue weighted by Gasteiger charge is -2.23. The summed E-state index contributed by atoms with van der Waals surface area (Å²) in [6, 6.07) is 4.26. The van der Waals surface area contributed by atoms with Crippen molar-refractivity contribution >= 4 is 0 Å². The van der Waals surface area contributed by atoms with Crippen LogP contribution in [0.5, 0.6) is 11.5 Å². The van der Waals surface area contributed by atoms with Crippen molar-refractivity contribution in [2.24, 2.45) is 5.92 Å². The highest BCUT2D eigenvalue weighted by Crippen LogP contribution is 2.40. The second-order valence-electron chi connectivity index (χ2n) is 5.30. The van der Waals surface area contributed by atoms with E-state index in [1.807, 2.05) is 0 Å². The van der Waals surface area contributed by atoms with Crippen molar-refractivity contribution in [2.45, 2.75) is 25.9 Å². The largest absolute Gasteiger partial charge is 0.453 e. The molecule has 1 aromatic carbocycles. The third kappa shape index (κ3) is 2.69. The molecule has 4 heteroatoms. The highest BCUT2D eigenvalue weighted by Gasteiger charge is 2.24. The number of piperidine rings is 1. The minimum absolute atomic E-state index is 0.325. The third-order valence-corrected chi connectivity index (χ3v) is 3.89. The van der Waals surface area contributed by atoms with Crippen molar-refractivity contribution in [3.8, 4) is 11.5 Å². The van der Waals surface area contributed by atoms with Gasteiger partial charge in [0.1, 0.15) is 0 Å². The van der Waals surface area contributed by atoms with Crippen LogP contribution in [0.2, 0.25) is 0 Å². The Balaban J connectivity index is 1.80. The number of hydrogen-bond donors (Lipinski definition) is 1. The molecule has 2 heterocycles. The second kappa shape index (κ2) is 5.80. The van der Waals surface area contributed by atoms with Crippen LogP contribution in [-0.2, 0) is 17.8 Å². The van der Waals surface area contributed by atoms with E-state index in [-0.39, 0.29) is 0 Å². The van der Waals surface area contributed by atoms with Crippen molar-refractivity contribution in [3.05, 3.63) is 23.3 Å². The number of methoxy groups -OCH3 is 1. The molecule has 1 aromatic rings. The lowest BCUT2D eigenvalue weighted by molar-refractivity contribution is 0.162. The molecule has 0 saturated carbocycles. The summed E-state index contributed by atoms with van der Waals surface area (Å²) in [5.41, 5.74) is 2.33. The molecule has 1 N–H and O–H groups in total. The van der Waals surface area contributed by atoms with Crippen molar-refractivity contribution < 1.29 is 14.2 Å². The average molecular weight is 263 g/mol. The van der Waals surface area contributed by atoms with Crippen LogP contribution in [0.3, 0.4) is 0 Å². The first-order chi connectivity index (χ1) is 9.38. The molecule has 1 unspecified atom stereocenters. The maximum absolute atomic E-state index is 5.66. The number of ether oxygens (including phenoxy) is 3. The summed E-state index contributed by atoms with van der Waals surface area (Å²) in [5.74, 6) is 2.51. The number of nitrogens with one attached hydrogen (secondary N) is 1. The highest BCUT2D eigenvalue weighted by atomic mass is 16.7. The van der Waals surface area contributed by atoms with E-state index in [9.17, 15) is 0 Å². The van der Waals surface area contributed by atoms with Crippen molar-refractivity contribution in [1.29, 1.82) is 0 Å². The van der Waals surface area contributed by atoms with Gasteiger partial charge in [-0.15, -0.1) is 0 Å². The van der Waals surface area contributed by atoms with Crippen LogP contribution in [0.4, 0.5) is 0 Å². The summed E-state index contributed by atoms with van der Waals surface area (Å²) >= 11 is 0. The van der Waals surface area contributed by atoms with E-state index in [1.54, 1.807) is 7.11 Å². The third-order valence-electron chi connectivity index (χ3n) is 3.89. The summed E-state index contributed by atoms with van der Waals surface area (Å²) < 4.78 is 16.5. The molecule has 0 amide bonds. The van der Waals surface area contributed by atoms with Crippen LogP contribution >= 0.6 is 0 Å². The molecule has 0 aliphatic carbocycles. The first-order valence-corrected chi connectivity index (χ1v) is 6.98. The Hall–Kier alpha value is -1.26. The summed E-state index contributed by atoms with van der Waals surface area (Å²) in [6.45, 7) is 3.15. The summed E-state index contributed by atoms with van der Waals surface area (Å²) in [5, 5.41) is 3.46. The van der Waals surface area contributed by atoms with E-state index in [0.717, 1.165) is 36.6 Å².